The van der Waals surface area contributed by atoms with Crippen molar-refractivity contribution in [1.29, 1.82) is 0 Å². The summed E-state index contributed by atoms with van der Waals surface area (Å²) in [7, 11) is 0. The molecule has 3 heteroatoms. The van der Waals surface area contributed by atoms with Crippen LogP contribution in [-0.2, 0) is 4.74 Å². The molecular formula is C15H27NO2. The lowest BCUT2D eigenvalue weighted by atomic mass is 9.82. The second-order valence-electron chi connectivity index (χ2n) is 5.60. The van der Waals surface area contributed by atoms with Crippen molar-refractivity contribution in [2.45, 2.75) is 51.0 Å². The molecule has 0 aromatic heterocycles. The highest BCUT2D eigenvalue weighted by molar-refractivity contribution is 5.07. The largest absolute Gasteiger partial charge is 0.396 e. The third-order valence-electron chi connectivity index (χ3n) is 4.23. The van der Waals surface area contributed by atoms with Crippen molar-refractivity contribution in [2.24, 2.45) is 5.92 Å². The minimum Gasteiger partial charge on any atom is -0.396 e. The fourth-order valence-electron chi connectivity index (χ4n) is 3.17. The van der Waals surface area contributed by atoms with E-state index in [1.54, 1.807) is 0 Å². The Balaban J connectivity index is 1.79. The lowest BCUT2D eigenvalue weighted by Crippen LogP contribution is -2.39. The predicted molar refractivity (Wildman–Crippen MR) is 73.6 cm³/mol. The molecular weight excluding hydrogens is 226 g/mol. The summed E-state index contributed by atoms with van der Waals surface area (Å²) in [6, 6.07) is 0.484. The van der Waals surface area contributed by atoms with Crippen molar-refractivity contribution >= 4 is 0 Å². The number of aliphatic hydroxyl groups is 1. The Morgan fingerprint density at radius 1 is 1.33 bits per heavy atom. The Morgan fingerprint density at radius 2 is 2.17 bits per heavy atom. The maximum absolute atomic E-state index is 9.22. The summed E-state index contributed by atoms with van der Waals surface area (Å²) >= 11 is 0. The molecule has 1 aliphatic carbocycles. The van der Waals surface area contributed by atoms with E-state index in [4.69, 9.17) is 4.74 Å². The van der Waals surface area contributed by atoms with Crippen LogP contribution in [0.2, 0.25) is 0 Å². The van der Waals surface area contributed by atoms with Crippen LogP contribution in [0.25, 0.3) is 0 Å². The Labute approximate surface area is 111 Å². The Hall–Kier alpha value is -0.380. The second kappa shape index (κ2) is 7.93. The number of rotatable bonds is 6. The summed E-state index contributed by atoms with van der Waals surface area (Å²) in [5.41, 5.74) is 1.37. The summed E-state index contributed by atoms with van der Waals surface area (Å²) in [5.74, 6) is 0.760. The summed E-state index contributed by atoms with van der Waals surface area (Å²) in [6.45, 7) is 2.88. The van der Waals surface area contributed by atoms with Crippen LogP contribution in [0.1, 0.15) is 44.9 Å². The lowest BCUT2D eigenvalue weighted by Gasteiger charge is -2.31. The monoisotopic (exact) mass is 253 g/mol. The van der Waals surface area contributed by atoms with Crippen LogP contribution in [-0.4, -0.2) is 37.5 Å². The van der Waals surface area contributed by atoms with Gasteiger partial charge in [0.15, 0.2) is 0 Å². The van der Waals surface area contributed by atoms with Crippen LogP contribution < -0.4 is 5.32 Å². The predicted octanol–water partition coefficient (Wildman–Crippen LogP) is 2.25. The molecule has 2 rings (SSSR count). The number of hydrogen-bond acceptors (Lipinski definition) is 3. The fraction of sp³-hybridized carbons (Fsp3) is 0.867. The van der Waals surface area contributed by atoms with E-state index in [0.717, 1.165) is 38.5 Å². The van der Waals surface area contributed by atoms with E-state index in [1.807, 2.05) is 0 Å². The summed E-state index contributed by atoms with van der Waals surface area (Å²) < 4.78 is 5.46. The van der Waals surface area contributed by atoms with E-state index in [2.05, 4.69) is 11.4 Å². The smallest absolute Gasteiger partial charge is 0.0689 e. The van der Waals surface area contributed by atoms with Crippen LogP contribution in [0.15, 0.2) is 11.6 Å². The van der Waals surface area contributed by atoms with Gasteiger partial charge in [-0.05, 0) is 37.2 Å². The van der Waals surface area contributed by atoms with Gasteiger partial charge < -0.3 is 15.2 Å². The maximum Gasteiger partial charge on any atom is 0.0689 e. The molecule has 2 N–H and O–H groups in total. The SMILES string of the molecule is OCCC(NCC1=CCCOC1)C1CCCCC1. The highest BCUT2D eigenvalue weighted by Gasteiger charge is 2.23. The normalized spacial score (nSPS) is 23.7. The zero-order chi connectivity index (χ0) is 12.6. The van der Waals surface area contributed by atoms with Crippen molar-refractivity contribution in [3.05, 3.63) is 11.6 Å². The molecule has 0 saturated heterocycles. The molecule has 0 spiro atoms. The molecule has 0 radical (unpaired) electrons. The third kappa shape index (κ3) is 4.38. The first-order valence-electron chi connectivity index (χ1n) is 7.50. The second-order valence-corrected chi connectivity index (χ2v) is 5.60. The minimum atomic E-state index is 0.295. The summed E-state index contributed by atoms with van der Waals surface area (Å²) in [6.07, 6.45) is 11.0. The Kier molecular flexibility index (Phi) is 6.18. The minimum absolute atomic E-state index is 0.295. The van der Waals surface area contributed by atoms with Crippen molar-refractivity contribution in [3.63, 3.8) is 0 Å². The third-order valence-corrected chi connectivity index (χ3v) is 4.23. The average molecular weight is 253 g/mol. The molecule has 1 aliphatic heterocycles. The average Bonchev–Trinajstić information content (AvgIpc) is 2.45. The van der Waals surface area contributed by atoms with Gasteiger partial charge in [0.25, 0.3) is 0 Å². The molecule has 104 valence electrons. The number of hydrogen-bond donors (Lipinski definition) is 2. The van der Waals surface area contributed by atoms with Gasteiger partial charge in [-0.2, -0.15) is 0 Å². The first kappa shape index (κ1) is 14.0. The number of ether oxygens (including phenoxy) is 1. The standard InChI is InChI=1S/C15H27NO2/c17-9-8-15(14-6-2-1-3-7-14)16-11-13-5-4-10-18-12-13/h5,14-17H,1-4,6-12H2. The molecule has 0 aromatic carbocycles. The van der Waals surface area contributed by atoms with Crippen molar-refractivity contribution in [3.8, 4) is 0 Å². The van der Waals surface area contributed by atoms with Crippen LogP contribution in [0.3, 0.4) is 0 Å². The van der Waals surface area contributed by atoms with Gasteiger partial charge in [-0.3, -0.25) is 0 Å². The van der Waals surface area contributed by atoms with Crippen molar-refractivity contribution in [2.75, 3.05) is 26.4 Å². The zero-order valence-corrected chi connectivity index (χ0v) is 11.4. The lowest BCUT2D eigenvalue weighted by molar-refractivity contribution is 0.146. The summed E-state index contributed by atoms with van der Waals surface area (Å²) in [4.78, 5) is 0. The molecule has 2 aliphatic rings. The molecule has 1 atom stereocenters. The Morgan fingerprint density at radius 3 is 2.83 bits per heavy atom. The van der Waals surface area contributed by atoms with E-state index >= 15 is 0 Å². The van der Waals surface area contributed by atoms with Gasteiger partial charge in [-0.25, -0.2) is 0 Å². The molecule has 18 heavy (non-hydrogen) atoms. The number of nitrogens with one attached hydrogen (secondary N) is 1. The first-order chi connectivity index (χ1) is 8.90. The van der Waals surface area contributed by atoms with Gasteiger partial charge in [-0.1, -0.05) is 25.3 Å². The Bertz CT molecular complexity index is 259. The van der Waals surface area contributed by atoms with Crippen LogP contribution in [0.4, 0.5) is 0 Å². The molecule has 1 unspecified atom stereocenters. The van der Waals surface area contributed by atoms with Gasteiger partial charge in [0, 0.05) is 19.2 Å². The highest BCUT2D eigenvalue weighted by atomic mass is 16.5. The number of aliphatic hydroxyl groups excluding tert-OH is 1. The van der Waals surface area contributed by atoms with E-state index in [9.17, 15) is 5.11 Å². The van der Waals surface area contributed by atoms with Crippen LogP contribution >= 0.6 is 0 Å². The van der Waals surface area contributed by atoms with E-state index in [-0.39, 0.29) is 0 Å². The maximum atomic E-state index is 9.22. The molecule has 0 bridgehead atoms. The van der Waals surface area contributed by atoms with Gasteiger partial charge >= 0.3 is 0 Å². The topological polar surface area (TPSA) is 41.5 Å². The molecule has 0 aromatic rings. The van der Waals surface area contributed by atoms with Gasteiger partial charge in [0.05, 0.1) is 13.2 Å². The molecule has 3 nitrogen and oxygen atoms in total. The fourth-order valence-corrected chi connectivity index (χ4v) is 3.17. The van der Waals surface area contributed by atoms with Crippen molar-refractivity contribution in [1.82, 2.24) is 5.32 Å². The zero-order valence-electron chi connectivity index (χ0n) is 11.4. The molecule has 1 heterocycles. The van der Waals surface area contributed by atoms with Gasteiger partial charge in [0.2, 0.25) is 0 Å². The van der Waals surface area contributed by atoms with Gasteiger partial charge in [0.1, 0.15) is 0 Å². The highest BCUT2D eigenvalue weighted by Crippen LogP contribution is 2.27. The molecule has 0 amide bonds. The van der Waals surface area contributed by atoms with E-state index in [1.165, 1.54) is 37.7 Å². The van der Waals surface area contributed by atoms with E-state index < -0.39 is 0 Å². The molecule has 1 fully saturated rings. The van der Waals surface area contributed by atoms with E-state index in [0.29, 0.717) is 12.6 Å². The first-order valence-corrected chi connectivity index (χ1v) is 7.50. The van der Waals surface area contributed by atoms with Crippen LogP contribution in [0.5, 0.6) is 0 Å². The van der Waals surface area contributed by atoms with Crippen molar-refractivity contribution < 1.29 is 9.84 Å². The van der Waals surface area contributed by atoms with Crippen LogP contribution in [0, 0.1) is 5.92 Å². The molecule has 1 saturated carbocycles. The summed E-state index contributed by atoms with van der Waals surface area (Å²) in [5, 5.41) is 12.9. The van der Waals surface area contributed by atoms with Gasteiger partial charge in [-0.15, -0.1) is 0 Å². The quantitative estimate of drug-likeness (QED) is 0.713.